The zero-order valence-electron chi connectivity index (χ0n) is 13.2. The Morgan fingerprint density at radius 1 is 1.04 bits per heavy atom. The summed E-state index contributed by atoms with van der Waals surface area (Å²) < 4.78 is 0. The summed E-state index contributed by atoms with van der Waals surface area (Å²) in [5, 5.41) is 12.9. The van der Waals surface area contributed by atoms with Crippen LogP contribution in [-0.4, -0.2) is 22.0 Å². The highest BCUT2D eigenvalue weighted by Gasteiger charge is 2.23. The van der Waals surface area contributed by atoms with Gasteiger partial charge in [0.05, 0.1) is 5.92 Å². The number of aromatic nitrogens is 1. The third kappa shape index (κ3) is 3.92. The number of anilines is 1. The molecule has 0 spiro atoms. The molecule has 0 aliphatic heterocycles. The number of amides is 1. The Morgan fingerprint density at radius 3 is 2.52 bits per heavy atom. The monoisotopic (exact) mass is 336 g/mol. The molecule has 126 valence electrons. The molecule has 1 aromatic heterocycles. The lowest BCUT2D eigenvalue weighted by Gasteiger charge is -2.13. The molecular formula is C19H16N2O4. The van der Waals surface area contributed by atoms with Gasteiger partial charge in [0.25, 0.3) is 0 Å². The van der Waals surface area contributed by atoms with Gasteiger partial charge in [0.2, 0.25) is 11.5 Å². The van der Waals surface area contributed by atoms with Crippen molar-refractivity contribution >= 4 is 28.5 Å². The van der Waals surface area contributed by atoms with Crippen molar-refractivity contribution in [2.45, 2.75) is 12.3 Å². The number of rotatable bonds is 5. The SMILES string of the molecule is O=C(CC(C(=O)O)c1ccccc1)Nc1ccc2[nH]c(=O)ccc2c1. The summed E-state index contributed by atoms with van der Waals surface area (Å²) in [5.74, 6) is -2.34. The number of benzene rings is 2. The van der Waals surface area contributed by atoms with E-state index in [-0.39, 0.29) is 17.9 Å². The van der Waals surface area contributed by atoms with Crippen molar-refractivity contribution in [2.75, 3.05) is 5.32 Å². The first-order valence-corrected chi connectivity index (χ1v) is 7.73. The summed E-state index contributed by atoms with van der Waals surface area (Å²) in [4.78, 5) is 37.7. The van der Waals surface area contributed by atoms with Crippen molar-refractivity contribution in [1.29, 1.82) is 0 Å². The molecule has 0 fully saturated rings. The van der Waals surface area contributed by atoms with Crippen LogP contribution in [0.15, 0.2) is 65.5 Å². The first-order valence-electron chi connectivity index (χ1n) is 7.73. The summed E-state index contributed by atoms with van der Waals surface area (Å²) in [7, 11) is 0. The lowest BCUT2D eigenvalue weighted by molar-refractivity contribution is -0.140. The second-order valence-corrected chi connectivity index (χ2v) is 5.68. The fraction of sp³-hybridized carbons (Fsp3) is 0.105. The molecule has 0 bridgehead atoms. The lowest BCUT2D eigenvalue weighted by atomic mass is 9.95. The number of aromatic amines is 1. The minimum absolute atomic E-state index is 0.164. The smallest absolute Gasteiger partial charge is 0.311 e. The van der Waals surface area contributed by atoms with E-state index in [4.69, 9.17) is 0 Å². The highest BCUT2D eigenvalue weighted by molar-refractivity contribution is 5.96. The second kappa shape index (κ2) is 7.00. The maximum atomic E-state index is 12.3. The number of carbonyl (C=O) groups excluding carboxylic acids is 1. The molecule has 3 N–H and O–H groups in total. The molecule has 0 saturated heterocycles. The molecule has 1 amide bonds. The highest BCUT2D eigenvalue weighted by atomic mass is 16.4. The van der Waals surface area contributed by atoms with Gasteiger partial charge < -0.3 is 15.4 Å². The van der Waals surface area contributed by atoms with Crippen LogP contribution in [0.4, 0.5) is 5.69 Å². The average molecular weight is 336 g/mol. The maximum Gasteiger partial charge on any atom is 0.311 e. The van der Waals surface area contributed by atoms with Gasteiger partial charge in [0.15, 0.2) is 0 Å². The summed E-state index contributed by atoms with van der Waals surface area (Å²) in [6.07, 6.45) is -0.164. The van der Waals surface area contributed by atoms with E-state index in [9.17, 15) is 19.5 Å². The van der Waals surface area contributed by atoms with Gasteiger partial charge in [-0.05, 0) is 29.8 Å². The Bertz CT molecular complexity index is 979. The Kier molecular flexibility index (Phi) is 4.61. The van der Waals surface area contributed by atoms with Gasteiger partial charge in [0.1, 0.15) is 0 Å². The van der Waals surface area contributed by atoms with Crippen LogP contribution in [0.5, 0.6) is 0 Å². The number of H-pyrrole nitrogens is 1. The Labute approximate surface area is 143 Å². The van der Waals surface area contributed by atoms with E-state index in [0.29, 0.717) is 16.8 Å². The van der Waals surface area contributed by atoms with Crippen LogP contribution in [0.2, 0.25) is 0 Å². The Hall–Kier alpha value is -3.41. The van der Waals surface area contributed by atoms with Crippen LogP contribution in [0.3, 0.4) is 0 Å². The number of hydrogen-bond donors (Lipinski definition) is 3. The number of carboxylic acids is 1. The molecule has 0 radical (unpaired) electrons. The summed E-state index contributed by atoms with van der Waals surface area (Å²) in [5.41, 5.74) is 1.60. The number of nitrogens with one attached hydrogen (secondary N) is 2. The van der Waals surface area contributed by atoms with Crippen LogP contribution in [0.25, 0.3) is 10.9 Å². The number of aliphatic carboxylic acids is 1. The van der Waals surface area contributed by atoms with E-state index in [0.717, 1.165) is 5.39 Å². The third-order valence-corrected chi connectivity index (χ3v) is 3.90. The van der Waals surface area contributed by atoms with Crippen molar-refractivity contribution in [3.63, 3.8) is 0 Å². The number of fused-ring (bicyclic) bond motifs is 1. The first kappa shape index (κ1) is 16.4. The minimum atomic E-state index is -1.04. The molecule has 1 heterocycles. The molecule has 1 atom stereocenters. The van der Waals surface area contributed by atoms with Gasteiger partial charge in [-0.2, -0.15) is 0 Å². The first-order chi connectivity index (χ1) is 12.0. The predicted molar refractivity (Wildman–Crippen MR) is 94.6 cm³/mol. The summed E-state index contributed by atoms with van der Waals surface area (Å²) in [6, 6.07) is 16.8. The number of pyridine rings is 1. The van der Waals surface area contributed by atoms with E-state index in [1.165, 1.54) is 6.07 Å². The van der Waals surface area contributed by atoms with E-state index in [1.807, 2.05) is 0 Å². The zero-order valence-corrected chi connectivity index (χ0v) is 13.2. The van der Waals surface area contributed by atoms with E-state index in [2.05, 4.69) is 10.3 Å². The molecule has 6 heteroatoms. The standard InChI is InChI=1S/C19H16N2O4/c22-17-9-6-13-10-14(7-8-16(13)21-17)20-18(23)11-15(19(24)25)12-4-2-1-3-5-12/h1-10,15H,11H2,(H,20,23)(H,21,22)(H,24,25). The van der Waals surface area contributed by atoms with Crippen LogP contribution in [0, 0.1) is 0 Å². The fourth-order valence-corrected chi connectivity index (χ4v) is 2.66. The quantitative estimate of drug-likeness (QED) is 0.667. The van der Waals surface area contributed by atoms with Crippen LogP contribution >= 0.6 is 0 Å². The van der Waals surface area contributed by atoms with Crippen LogP contribution < -0.4 is 10.9 Å². The van der Waals surface area contributed by atoms with Crippen molar-refractivity contribution in [1.82, 2.24) is 4.98 Å². The molecular weight excluding hydrogens is 320 g/mol. The topological polar surface area (TPSA) is 99.3 Å². The summed E-state index contributed by atoms with van der Waals surface area (Å²) in [6.45, 7) is 0. The molecule has 25 heavy (non-hydrogen) atoms. The van der Waals surface area contributed by atoms with Gasteiger partial charge >= 0.3 is 5.97 Å². The van der Waals surface area contributed by atoms with Crippen molar-refractivity contribution in [2.24, 2.45) is 0 Å². The molecule has 3 rings (SSSR count). The average Bonchev–Trinajstić information content (AvgIpc) is 2.60. The van der Waals surface area contributed by atoms with E-state index < -0.39 is 11.9 Å². The third-order valence-electron chi connectivity index (χ3n) is 3.90. The Balaban J connectivity index is 1.76. The molecule has 6 nitrogen and oxygen atoms in total. The minimum Gasteiger partial charge on any atom is -0.481 e. The van der Waals surface area contributed by atoms with E-state index in [1.54, 1.807) is 54.6 Å². The number of carbonyl (C=O) groups is 2. The van der Waals surface area contributed by atoms with Gasteiger partial charge in [0, 0.05) is 29.1 Å². The maximum absolute atomic E-state index is 12.3. The molecule has 1 unspecified atom stereocenters. The Morgan fingerprint density at radius 2 is 1.80 bits per heavy atom. The molecule has 0 aliphatic rings. The van der Waals surface area contributed by atoms with Gasteiger partial charge in [-0.1, -0.05) is 30.3 Å². The second-order valence-electron chi connectivity index (χ2n) is 5.68. The van der Waals surface area contributed by atoms with E-state index >= 15 is 0 Å². The highest BCUT2D eigenvalue weighted by Crippen LogP contribution is 2.22. The normalized spacial score (nSPS) is 11.8. The van der Waals surface area contributed by atoms with Crippen molar-refractivity contribution in [3.8, 4) is 0 Å². The zero-order chi connectivity index (χ0) is 17.8. The number of hydrogen-bond acceptors (Lipinski definition) is 3. The van der Waals surface area contributed by atoms with Crippen LogP contribution in [0.1, 0.15) is 17.9 Å². The number of carboxylic acid groups (broad SMARTS) is 1. The largest absolute Gasteiger partial charge is 0.481 e. The van der Waals surface area contributed by atoms with Crippen molar-refractivity contribution in [3.05, 3.63) is 76.6 Å². The molecule has 0 aliphatic carbocycles. The summed E-state index contributed by atoms with van der Waals surface area (Å²) >= 11 is 0. The molecule has 0 saturated carbocycles. The molecule has 3 aromatic rings. The van der Waals surface area contributed by atoms with Gasteiger partial charge in [-0.3, -0.25) is 14.4 Å². The van der Waals surface area contributed by atoms with Crippen LogP contribution in [-0.2, 0) is 9.59 Å². The lowest BCUT2D eigenvalue weighted by Crippen LogP contribution is -2.20. The fourth-order valence-electron chi connectivity index (χ4n) is 2.66. The van der Waals surface area contributed by atoms with Gasteiger partial charge in [-0.25, -0.2) is 0 Å². The van der Waals surface area contributed by atoms with Gasteiger partial charge in [-0.15, -0.1) is 0 Å². The molecule has 2 aromatic carbocycles. The van der Waals surface area contributed by atoms with Crippen molar-refractivity contribution < 1.29 is 14.7 Å². The predicted octanol–water partition coefficient (Wildman–Crippen LogP) is 2.73.